The first-order valence-corrected chi connectivity index (χ1v) is 4.30. The maximum atomic E-state index is 4.40. The van der Waals surface area contributed by atoms with Crippen LogP contribution >= 0.6 is 0 Å². The molecule has 66 valence electrons. The molecule has 0 aliphatic heterocycles. The number of aromatic nitrogens is 3. The van der Waals surface area contributed by atoms with Crippen molar-refractivity contribution in [1.29, 1.82) is 0 Å². The zero-order valence-corrected chi connectivity index (χ0v) is 8.07. The van der Waals surface area contributed by atoms with E-state index >= 15 is 0 Å². The summed E-state index contributed by atoms with van der Waals surface area (Å²) >= 11 is 0. The third-order valence-corrected chi connectivity index (χ3v) is 1.70. The molecule has 12 heavy (non-hydrogen) atoms. The van der Waals surface area contributed by atoms with Gasteiger partial charge in [-0.1, -0.05) is 27.7 Å². The van der Waals surface area contributed by atoms with Crippen LogP contribution in [0.25, 0.3) is 0 Å². The molecule has 0 atom stereocenters. The van der Waals surface area contributed by atoms with Crippen molar-refractivity contribution >= 4 is 0 Å². The Morgan fingerprint density at radius 2 is 1.75 bits per heavy atom. The Hall–Kier alpha value is -0.990. The van der Waals surface area contributed by atoms with Gasteiger partial charge in [-0.3, -0.25) is 0 Å². The van der Waals surface area contributed by atoms with Gasteiger partial charge in [-0.2, -0.15) is 5.10 Å². The topological polar surface area (TPSA) is 38.7 Å². The van der Waals surface area contributed by atoms with Crippen LogP contribution in [-0.2, 0) is 0 Å². The van der Waals surface area contributed by atoms with E-state index in [0.717, 1.165) is 11.5 Å². The zero-order valence-electron chi connectivity index (χ0n) is 8.07. The van der Waals surface area contributed by atoms with E-state index in [9.17, 15) is 0 Å². The number of hydrogen-bond acceptors (Lipinski definition) is 3. The normalized spacial score (nSPS) is 11.2. The molecule has 0 unspecified atom stereocenters. The zero-order chi connectivity index (χ0) is 9.14. The molecule has 1 heterocycles. The largest absolute Gasteiger partial charge is 0.234 e. The fourth-order valence-electron chi connectivity index (χ4n) is 0.853. The molecule has 1 aromatic heterocycles. The van der Waals surface area contributed by atoms with E-state index in [2.05, 4.69) is 42.9 Å². The van der Waals surface area contributed by atoms with Crippen molar-refractivity contribution in [3.63, 3.8) is 0 Å². The maximum absolute atomic E-state index is 4.40. The van der Waals surface area contributed by atoms with Gasteiger partial charge in [-0.25, -0.2) is 4.98 Å². The van der Waals surface area contributed by atoms with Crippen LogP contribution < -0.4 is 0 Å². The van der Waals surface area contributed by atoms with Crippen LogP contribution in [0.5, 0.6) is 0 Å². The lowest BCUT2D eigenvalue weighted by Crippen LogP contribution is -2.04. The van der Waals surface area contributed by atoms with Crippen molar-refractivity contribution < 1.29 is 0 Å². The second kappa shape index (κ2) is 3.61. The molecule has 0 aliphatic carbocycles. The lowest BCUT2D eigenvalue weighted by molar-refractivity contribution is 0.692. The average Bonchev–Trinajstić information content (AvgIpc) is 2.04. The SMILES string of the molecule is CC(C)c1cnnc(C(C)C)n1. The van der Waals surface area contributed by atoms with Gasteiger partial charge in [0, 0.05) is 5.92 Å². The van der Waals surface area contributed by atoms with Gasteiger partial charge in [0.15, 0.2) is 5.82 Å². The molecule has 0 aliphatic rings. The predicted octanol–water partition coefficient (Wildman–Crippen LogP) is 2.12. The molecule has 0 radical (unpaired) electrons. The highest BCUT2D eigenvalue weighted by molar-refractivity contribution is 5.03. The summed E-state index contributed by atoms with van der Waals surface area (Å²) in [6.45, 7) is 8.35. The molecule has 3 heteroatoms. The monoisotopic (exact) mass is 165 g/mol. The number of rotatable bonds is 2. The molecular formula is C9H15N3. The smallest absolute Gasteiger partial charge is 0.153 e. The highest BCUT2D eigenvalue weighted by Crippen LogP contribution is 2.12. The van der Waals surface area contributed by atoms with Gasteiger partial charge in [0.25, 0.3) is 0 Å². The second-order valence-electron chi connectivity index (χ2n) is 3.55. The summed E-state index contributed by atoms with van der Waals surface area (Å²) in [5.74, 6) is 1.62. The fraction of sp³-hybridized carbons (Fsp3) is 0.667. The van der Waals surface area contributed by atoms with Gasteiger partial charge in [0.05, 0.1) is 11.9 Å². The Labute approximate surface area is 73.2 Å². The Kier molecular flexibility index (Phi) is 2.74. The van der Waals surface area contributed by atoms with Crippen molar-refractivity contribution in [3.05, 3.63) is 17.7 Å². The van der Waals surface area contributed by atoms with E-state index in [1.807, 2.05) is 0 Å². The summed E-state index contributed by atoms with van der Waals surface area (Å²) in [5.41, 5.74) is 1.02. The van der Waals surface area contributed by atoms with Crippen LogP contribution in [0, 0.1) is 0 Å². The maximum Gasteiger partial charge on any atom is 0.153 e. The molecule has 0 saturated heterocycles. The molecule has 3 nitrogen and oxygen atoms in total. The van der Waals surface area contributed by atoms with Gasteiger partial charge >= 0.3 is 0 Å². The van der Waals surface area contributed by atoms with Gasteiger partial charge in [-0.15, -0.1) is 5.10 Å². The Morgan fingerprint density at radius 1 is 1.08 bits per heavy atom. The second-order valence-corrected chi connectivity index (χ2v) is 3.55. The molecule has 0 spiro atoms. The van der Waals surface area contributed by atoms with Crippen molar-refractivity contribution in [3.8, 4) is 0 Å². The van der Waals surface area contributed by atoms with E-state index in [4.69, 9.17) is 0 Å². The van der Waals surface area contributed by atoms with Crippen LogP contribution in [0.2, 0.25) is 0 Å². The van der Waals surface area contributed by atoms with Gasteiger partial charge in [0.1, 0.15) is 0 Å². The summed E-state index contributed by atoms with van der Waals surface area (Å²) in [6, 6.07) is 0. The van der Waals surface area contributed by atoms with Crippen LogP contribution in [0.4, 0.5) is 0 Å². The van der Waals surface area contributed by atoms with Crippen LogP contribution in [0.15, 0.2) is 6.20 Å². The molecule has 0 fully saturated rings. The van der Waals surface area contributed by atoms with E-state index in [1.165, 1.54) is 0 Å². The van der Waals surface area contributed by atoms with Crippen LogP contribution in [0.3, 0.4) is 0 Å². The minimum Gasteiger partial charge on any atom is -0.234 e. The Balaban J connectivity index is 2.96. The minimum absolute atomic E-state index is 0.358. The van der Waals surface area contributed by atoms with Crippen LogP contribution in [0.1, 0.15) is 51.0 Å². The first kappa shape index (κ1) is 9.10. The molecule has 1 aromatic rings. The lowest BCUT2D eigenvalue weighted by Gasteiger charge is -2.06. The van der Waals surface area contributed by atoms with Crippen molar-refractivity contribution in [2.45, 2.75) is 39.5 Å². The van der Waals surface area contributed by atoms with Crippen molar-refractivity contribution in [2.75, 3.05) is 0 Å². The molecular weight excluding hydrogens is 150 g/mol. The average molecular weight is 165 g/mol. The lowest BCUT2D eigenvalue weighted by atomic mass is 10.1. The summed E-state index contributed by atoms with van der Waals surface area (Å²) < 4.78 is 0. The van der Waals surface area contributed by atoms with E-state index in [0.29, 0.717) is 11.8 Å². The van der Waals surface area contributed by atoms with E-state index < -0.39 is 0 Å². The fourth-order valence-corrected chi connectivity index (χ4v) is 0.853. The quantitative estimate of drug-likeness (QED) is 0.673. The van der Waals surface area contributed by atoms with E-state index in [1.54, 1.807) is 6.20 Å². The molecule has 0 saturated carbocycles. The third kappa shape index (κ3) is 2.00. The van der Waals surface area contributed by atoms with Gasteiger partial charge < -0.3 is 0 Å². The first-order chi connectivity index (χ1) is 5.61. The summed E-state index contributed by atoms with van der Waals surface area (Å²) in [7, 11) is 0. The third-order valence-electron chi connectivity index (χ3n) is 1.70. The van der Waals surface area contributed by atoms with Crippen molar-refractivity contribution in [1.82, 2.24) is 15.2 Å². The minimum atomic E-state index is 0.358. The highest BCUT2D eigenvalue weighted by Gasteiger charge is 2.06. The van der Waals surface area contributed by atoms with Gasteiger partial charge in [0.2, 0.25) is 0 Å². The van der Waals surface area contributed by atoms with Crippen molar-refractivity contribution in [2.24, 2.45) is 0 Å². The number of nitrogens with zero attached hydrogens (tertiary/aromatic N) is 3. The van der Waals surface area contributed by atoms with Gasteiger partial charge in [-0.05, 0) is 5.92 Å². The Morgan fingerprint density at radius 3 is 2.25 bits per heavy atom. The molecule has 0 bridgehead atoms. The predicted molar refractivity (Wildman–Crippen MR) is 48.0 cm³/mol. The summed E-state index contributed by atoms with van der Waals surface area (Å²) in [4.78, 5) is 4.40. The molecule has 0 amide bonds. The number of hydrogen-bond donors (Lipinski definition) is 0. The summed E-state index contributed by atoms with van der Waals surface area (Å²) in [6.07, 6.45) is 1.73. The molecule has 1 rings (SSSR count). The highest BCUT2D eigenvalue weighted by atomic mass is 15.1. The van der Waals surface area contributed by atoms with E-state index in [-0.39, 0.29) is 0 Å². The summed E-state index contributed by atoms with van der Waals surface area (Å²) in [5, 5.41) is 7.87. The molecule has 0 N–H and O–H groups in total. The van der Waals surface area contributed by atoms with Crippen LogP contribution in [-0.4, -0.2) is 15.2 Å². The molecule has 0 aromatic carbocycles. The standard InChI is InChI=1S/C9H15N3/c1-6(2)8-5-10-12-9(11-8)7(3)4/h5-7H,1-4H3. The Bertz CT molecular complexity index is 232. The first-order valence-electron chi connectivity index (χ1n) is 4.30.